The number of aliphatic hydroxyl groups is 1. The normalized spacial score (nSPS) is 16.5. The van der Waals surface area contributed by atoms with Crippen LogP contribution in [0.4, 0.5) is 54.2 Å². The van der Waals surface area contributed by atoms with Crippen molar-refractivity contribution in [1.82, 2.24) is 45.3 Å². The second kappa shape index (κ2) is 38.8. The minimum Gasteiger partial charge on any atom is -0.394 e. The second-order valence-corrected chi connectivity index (χ2v) is 31.9. The van der Waals surface area contributed by atoms with Crippen molar-refractivity contribution < 1.29 is 38.7 Å². The molecule has 0 spiro atoms. The van der Waals surface area contributed by atoms with E-state index in [0.29, 0.717) is 93.1 Å². The van der Waals surface area contributed by atoms with E-state index < -0.39 is 22.7 Å². The van der Waals surface area contributed by atoms with Crippen LogP contribution in [-0.2, 0) is 14.4 Å². The summed E-state index contributed by atoms with van der Waals surface area (Å²) in [6, 6.07) is 57.2. The number of carbonyl (C=O) groups is 7. The largest absolute Gasteiger partial charge is 0.394 e. The van der Waals surface area contributed by atoms with Gasteiger partial charge in [-0.05, 0) is 214 Å². The third-order valence-corrected chi connectivity index (χ3v) is 21.6. The molecule has 0 bridgehead atoms. The number of carbonyl (C=O) groups excluding carboxylic acids is 7. The predicted octanol–water partition coefficient (Wildman–Crippen LogP) is 12.7. The van der Waals surface area contributed by atoms with Crippen LogP contribution >= 0.6 is 0 Å². The Morgan fingerprint density at radius 3 is 1.13 bits per heavy atom. The summed E-state index contributed by atoms with van der Waals surface area (Å²) < 4.78 is 0. The molecule has 6 aliphatic rings. The number of aliphatic imine (C=N–C) groups is 3. The van der Waals surface area contributed by atoms with E-state index >= 15 is 0 Å². The summed E-state index contributed by atoms with van der Waals surface area (Å²) >= 11 is 0. The van der Waals surface area contributed by atoms with Gasteiger partial charge < -0.3 is 87.7 Å². The summed E-state index contributed by atoms with van der Waals surface area (Å²) in [7, 11) is 11.9. The first kappa shape index (κ1) is 86.8. The maximum absolute atomic E-state index is 13.6. The second-order valence-electron chi connectivity index (χ2n) is 31.9. The van der Waals surface area contributed by atoms with E-state index in [-0.39, 0.29) is 60.4 Å². The third-order valence-electron chi connectivity index (χ3n) is 21.6. The van der Waals surface area contributed by atoms with Gasteiger partial charge in [0.25, 0.3) is 5.91 Å². The summed E-state index contributed by atoms with van der Waals surface area (Å²) in [5, 5.41) is 40.8. The summed E-state index contributed by atoms with van der Waals surface area (Å²) in [5.41, 5.74) is 13.3. The molecule has 0 saturated carbocycles. The van der Waals surface area contributed by atoms with Gasteiger partial charge in [0.2, 0.25) is 17.7 Å². The van der Waals surface area contributed by atoms with Crippen LogP contribution in [0, 0.1) is 0 Å². The number of likely N-dealkylation sites (N-methyl/N-ethyl adjacent to an activating group) is 3. The van der Waals surface area contributed by atoms with Gasteiger partial charge in [0.1, 0.15) is 17.5 Å². The fourth-order valence-corrected chi connectivity index (χ4v) is 15.0. The number of rotatable bonds is 24. The van der Waals surface area contributed by atoms with Crippen LogP contribution in [0.15, 0.2) is 274 Å². The van der Waals surface area contributed by atoms with Crippen molar-refractivity contribution in [3.63, 3.8) is 0 Å². The minimum absolute atomic E-state index is 0.0910. The molecule has 3 atom stereocenters. The molecule has 7 aromatic carbocycles. The highest BCUT2D eigenvalue weighted by atomic mass is 16.3. The number of benzene rings is 7. The lowest BCUT2D eigenvalue weighted by atomic mass is 9.94. The van der Waals surface area contributed by atoms with Gasteiger partial charge in [-0.2, -0.15) is 0 Å². The third kappa shape index (κ3) is 21.8. The molecule has 0 aromatic heterocycles. The maximum atomic E-state index is 13.6. The number of nitrogens with zero attached hydrogens (tertiary/aromatic N) is 9. The average Bonchev–Trinajstić information content (AvgIpc) is 1.60. The molecule has 10 amide bonds. The van der Waals surface area contributed by atoms with Gasteiger partial charge in [-0.3, -0.25) is 34.2 Å². The predicted molar refractivity (Wildman–Crippen MR) is 476 cm³/mol. The fraction of sp³-hybridized carbons (Fsp3) is 0.304. The van der Waals surface area contributed by atoms with Gasteiger partial charge in [-0.1, -0.05) is 122 Å². The van der Waals surface area contributed by atoms with Crippen molar-refractivity contribution >= 4 is 99.0 Å². The van der Waals surface area contributed by atoms with E-state index in [1.807, 2.05) is 229 Å². The fourth-order valence-electron chi connectivity index (χ4n) is 15.0. The first-order chi connectivity index (χ1) is 56.9. The Kier molecular flexibility index (Phi) is 28.3. The van der Waals surface area contributed by atoms with Gasteiger partial charge in [0.05, 0.1) is 80.6 Å². The van der Waals surface area contributed by atoms with Crippen molar-refractivity contribution in [2.24, 2.45) is 15.0 Å². The molecule has 27 nitrogen and oxygen atoms in total. The molecule has 13 rings (SSSR count). The zero-order chi connectivity index (χ0) is 85.3. The van der Waals surface area contributed by atoms with Crippen LogP contribution in [0.5, 0.6) is 0 Å². The molecule has 11 N–H and O–H groups in total. The van der Waals surface area contributed by atoms with Crippen LogP contribution in [-0.4, -0.2) is 218 Å². The van der Waals surface area contributed by atoms with Crippen LogP contribution in [0.2, 0.25) is 0 Å². The van der Waals surface area contributed by atoms with Gasteiger partial charge >= 0.3 is 18.1 Å². The monoisotopic (exact) mass is 1610 g/mol. The highest BCUT2D eigenvalue weighted by Crippen LogP contribution is 2.42. The highest BCUT2D eigenvalue weighted by molar-refractivity contribution is 6.14. The number of urea groups is 3. The van der Waals surface area contributed by atoms with Crippen molar-refractivity contribution in [3.8, 4) is 0 Å². The van der Waals surface area contributed by atoms with E-state index in [9.17, 15) is 38.7 Å². The van der Waals surface area contributed by atoms with E-state index in [1.165, 1.54) is 18.2 Å². The van der Waals surface area contributed by atoms with Crippen LogP contribution in [0.3, 0.4) is 0 Å². The zero-order valence-electron chi connectivity index (χ0n) is 69.8. The molecule has 620 valence electrons. The molecule has 6 aliphatic heterocycles. The molecule has 119 heavy (non-hydrogen) atoms. The number of amidine groups is 3. The Balaban J connectivity index is 0.000000177. The molecule has 6 heterocycles. The molecule has 27 heteroatoms. The molecular formula is C92H109N19O8. The molecule has 0 saturated heterocycles. The Bertz CT molecular complexity index is 5130. The van der Waals surface area contributed by atoms with E-state index in [2.05, 4.69) is 104 Å². The van der Waals surface area contributed by atoms with E-state index in [0.717, 1.165) is 78.9 Å². The van der Waals surface area contributed by atoms with Crippen molar-refractivity contribution in [1.29, 1.82) is 0 Å². The van der Waals surface area contributed by atoms with Crippen LogP contribution in [0.1, 0.15) is 86.7 Å². The summed E-state index contributed by atoms with van der Waals surface area (Å²) in [4.78, 5) is 115. The summed E-state index contributed by atoms with van der Waals surface area (Å²) in [5.74, 6) is 1.18. The molecule has 0 aliphatic carbocycles. The zero-order valence-corrected chi connectivity index (χ0v) is 69.8. The number of hydrogen-bond donors (Lipinski definition) is 11. The first-order valence-corrected chi connectivity index (χ1v) is 39.6. The average molecular weight is 1610 g/mol. The van der Waals surface area contributed by atoms with Gasteiger partial charge in [0.15, 0.2) is 0 Å². The smallest absolute Gasteiger partial charge is 0.318 e. The topological polar surface area (TPSA) is 317 Å². The standard InChI is InChI=1S/C36H41N7O4.2C28H34N6O2/c1-36(2)30-21-37-33(29(30)22-43(36)35(47)41-31(23-44)24-10-6-5-7-11-24)39-27-12-8-13-28(20-27)40-34(46)25-15-17-26(18-16-25)38-32(45)14-9-19-42(3)4;1-6-25(35)30-20-13-10-14-21(15-20)31-26-22-17-34(28(2,3)23(22)16-29-26)27(36)32-24(18-33(4)5)19-11-8-7-9-12-19;1-6-25(35)30-20-12-14-21(15-13-20)31-26-22-17-34(28(2,3)23(22)16-29-26)27(36)32-24(18-33(4)5)19-10-8-7-9-11-19/h5-18,20,31,44H,19,21-23H2,1-4H3,(H,37,39)(H,38,45)(H,40,46)(H,41,47);2*6-15,24H,1,16-18H2,2-5H3,(H,29,31)(H,30,35)(H,32,36)/b14-9+;;/t31-;2*24-/m111/s1. The number of anilines is 7. The lowest BCUT2D eigenvalue weighted by molar-refractivity contribution is -0.112. The number of aliphatic hydroxyl groups excluding tert-OH is 1. The lowest BCUT2D eigenvalue weighted by Crippen LogP contribution is -2.52. The van der Waals surface area contributed by atoms with Gasteiger partial charge in [-0.25, -0.2) is 14.4 Å². The van der Waals surface area contributed by atoms with Crippen molar-refractivity contribution in [2.45, 2.75) is 76.3 Å². The Labute approximate surface area is 697 Å². The Hall–Kier alpha value is -13.1. The van der Waals surface area contributed by atoms with E-state index in [1.54, 1.807) is 41.3 Å². The number of nitrogens with one attached hydrogen (secondary N) is 10. The van der Waals surface area contributed by atoms with Crippen molar-refractivity contribution in [3.05, 3.63) is 281 Å². The molecule has 0 radical (unpaired) electrons. The highest BCUT2D eigenvalue weighted by Gasteiger charge is 2.49. The summed E-state index contributed by atoms with van der Waals surface area (Å²) in [6.45, 7) is 24.0. The maximum Gasteiger partial charge on any atom is 0.318 e. The molecular weight excluding hydrogens is 1500 g/mol. The number of amides is 10. The molecule has 0 unspecified atom stereocenters. The molecule has 0 fully saturated rings. The van der Waals surface area contributed by atoms with Gasteiger partial charge in [-0.15, -0.1) is 0 Å². The number of hydrogen-bond acceptors (Lipinski definition) is 17. The van der Waals surface area contributed by atoms with Crippen molar-refractivity contribution in [2.75, 3.05) is 145 Å². The SMILES string of the molecule is C=CC(=O)Nc1ccc(NC2=NCC3=C2CN(C(=O)N[C@H](CN(C)C)c2ccccc2)C3(C)C)cc1.C=CC(=O)Nc1cccc(NC2=NCC3=C2CN(C(=O)N[C@H](CN(C)C)c2ccccc2)C3(C)C)c1.CN(C)C/C=C/C(=O)Nc1ccc(C(=O)Nc2cccc(NC3=NCC4=C3CN(C(=O)N[C@H](CO)c3ccccc3)C4(C)C)c2)cc1. The molecule has 7 aromatic rings. The van der Waals surface area contributed by atoms with Crippen LogP contribution in [0.25, 0.3) is 0 Å². The lowest BCUT2D eigenvalue weighted by Gasteiger charge is -2.36. The first-order valence-electron chi connectivity index (χ1n) is 39.6. The summed E-state index contributed by atoms with van der Waals surface area (Å²) in [6.07, 6.45) is 5.73. The Morgan fingerprint density at radius 2 is 0.748 bits per heavy atom. The van der Waals surface area contributed by atoms with Crippen LogP contribution < -0.4 is 53.2 Å². The minimum atomic E-state index is -0.569. The van der Waals surface area contributed by atoms with E-state index in [4.69, 9.17) is 15.0 Å². The Morgan fingerprint density at radius 1 is 0.412 bits per heavy atom. The van der Waals surface area contributed by atoms with Gasteiger partial charge in [0, 0.05) is 87.8 Å². The quantitative estimate of drug-likeness (QED) is 0.0251.